The second kappa shape index (κ2) is 7.73. The summed E-state index contributed by atoms with van der Waals surface area (Å²) in [4.78, 5) is 16.0. The Morgan fingerprint density at radius 2 is 2.00 bits per heavy atom. The summed E-state index contributed by atoms with van der Waals surface area (Å²) in [7, 11) is -3.31. The van der Waals surface area contributed by atoms with Gasteiger partial charge in [0.15, 0.2) is 0 Å². The van der Waals surface area contributed by atoms with Crippen molar-refractivity contribution in [3.63, 3.8) is 0 Å². The van der Waals surface area contributed by atoms with Crippen molar-refractivity contribution in [3.05, 3.63) is 35.2 Å². The van der Waals surface area contributed by atoms with Gasteiger partial charge in [-0.2, -0.15) is 4.98 Å². The number of halogens is 1. The van der Waals surface area contributed by atoms with Crippen LogP contribution in [0.5, 0.6) is 0 Å². The summed E-state index contributed by atoms with van der Waals surface area (Å²) in [5.41, 5.74) is 0.741. The second-order valence-electron chi connectivity index (χ2n) is 5.17. The average molecular weight is 373 g/mol. The van der Waals surface area contributed by atoms with E-state index in [4.69, 9.17) is 16.1 Å². The number of benzene rings is 1. The molecule has 130 valence electrons. The van der Waals surface area contributed by atoms with E-state index in [1.54, 1.807) is 31.2 Å². The fourth-order valence-electron chi connectivity index (χ4n) is 1.85. The normalized spacial score (nSPS) is 12.8. The number of rotatable bonds is 7. The number of nitrogens with zero attached hydrogens (tertiary/aromatic N) is 2. The number of sulfonamides is 1. The summed E-state index contributed by atoms with van der Waals surface area (Å²) in [5, 5.41) is 7.13. The molecule has 24 heavy (non-hydrogen) atoms. The quantitative estimate of drug-likeness (QED) is 0.761. The van der Waals surface area contributed by atoms with Crippen LogP contribution in [0.25, 0.3) is 11.4 Å². The van der Waals surface area contributed by atoms with Gasteiger partial charge in [0, 0.05) is 23.6 Å². The number of nitrogens with one attached hydrogen (secondary N) is 2. The fourth-order valence-corrected chi connectivity index (χ4v) is 2.45. The van der Waals surface area contributed by atoms with Crippen molar-refractivity contribution in [1.29, 1.82) is 0 Å². The molecule has 1 aromatic carbocycles. The minimum absolute atomic E-state index is 0.00951. The van der Waals surface area contributed by atoms with Crippen molar-refractivity contribution in [2.75, 3.05) is 12.8 Å². The molecule has 0 fully saturated rings. The molecule has 0 saturated heterocycles. The number of hydrogen-bond acceptors (Lipinski definition) is 6. The van der Waals surface area contributed by atoms with Crippen LogP contribution in [0, 0.1) is 0 Å². The van der Waals surface area contributed by atoms with Gasteiger partial charge in [0.25, 0.3) is 0 Å². The molecule has 8 nitrogen and oxygen atoms in total. The molecule has 0 radical (unpaired) electrons. The van der Waals surface area contributed by atoms with E-state index in [0.717, 1.165) is 11.8 Å². The molecule has 0 saturated carbocycles. The number of carbonyl (C=O) groups is 1. The van der Waals surface area contributed by atoms with Gasteiger partial charge in [0.1, 0.15) is 6.04 Å². The minimum Gasteiger partial charge on any atom is -0.345 e. The van der Waals surface area contributed by atoms with Crippen molar-refractivity contribution < 1.29 is 17.7 Å². The van der Waals surface area contributed by atoms with E-state index in [0.29, 0.717) is 10.8 Å². The largest absolute Gasteiger partial charge is 0.345 e. The zero-order valence-electron chi connectivity index (χ0n) is 13.1. The highest BCUT2D eigenvalue weighted by molar-refractivity contribution is 7.88. The van der Waals surface area contributed by atoms with Gasteiger partial charge in [-0.25, -0.2) is 13.1 Å². The molecule has 0 bridgehead atoms. The molecule has 0 spiro atoms. The third-order valence-electron chi connectivity index (χ3n) is 3.01. The first kappa shape index (κ1) is 18.4. The fraction of sp³-hybridized carbons (Fsp3) is 0.357. The summed E-state index contributed by atoms with van der Waals surface area (Å²) in [6.45, 7) is 1.72. The zero-order chi connectivity index (χ0) is 17.7. The first-order valence-corrected chi connectivity index (χ1v) is 9.35. The number of hydrogen-bond donors (Lipinski definition) is 2. The summed E-state index contributed by atoms with van der Waals surface area (Å²) < 4.78 is 29.3. The van der Waals surface area contributed by atoms with Gasteiger partial charge in [0.2, 0.25) is 27.6 Å². The number of aromatic nitrogens is 2. The maximum absolute atomic E-state index is 11.8. The molecule has 0 aliphatic carbocycles. The highest BCUT2D eigenvalue weighted by atomic mass is 35.5. The van der Waals surface area contributed by atoms with Crippen LogP contribution in [0.15, 0.2) is 28.8 Å². The Balaban J connectivity index is 1.92. The lowest BCUT2D eigenvalue weighted by molar-refractivity contribution is -0.121. The van der Waals surface area contributed by atoms with Crippen molar-refractivity contribution in [2.45, 2.75) is 19.4 Å². The van der Waals surface area contributed by atoms with Crippen molar-refractivity contribution in [1.82, 2.24) is 20.2 Å². The summed E-state index contributed by atoms with van der Waals surface area (Å²) in [6.07, 6.45) is 1.04. The molecule has 0 aliphatic rings. The molecular formula is C14H17ClN4O4S. The first-order valence-electron chi connectivity index (χ1n) is 7.08. The predicted octanol–water partition coefficient (Wildman–Crippen LogP) is 1.51. The molecule has 1 unspecified atom stereocenters. The van der Waals surface area contributed by atoms with E-state index in [1.165, 1.54) is 0 Å². The molecule has 1 atom stereocenters. The Hall–Kier alpha value is -1.97. The summed E-state index contributed by atoms with van der Waals surface area (Å²) in [5.74, 6) is 0.316. The van der Waals surface area contributed by atoms with Crippen LogP contribution in [0.3, 0.4) is 0 Å². The van der Waals surface area contributed by atoms with Gasteiger partial charge in [-0.3, -0.25) is 4.79 Å². The first-order chi connectivity index (χ1) is 11.2. The lowest BCUT2D eigenvalue weighted by Gasteiger charge is -2.09. The smallest absolute Gasteiger partial charge is 0.249 e. The third-order valence-corrected chi connectivity index (χ3v) is 3.99. The van der Waals surface area contributed by atoms with Gasteiger partial charge >= 0.3 is 0 Å². The van der Waals surface area contributed by atoms with Crippen LogP contribution in [-0.2, 0) is 14.8 Å². The molecule has 10 heteroatoms. The second-order valence-corrected chi connectivity index (χ2v) is 7.44. The summed E-state index contributed by atoms with van der Waals surface area (Å²) in [6, 6.07) is 6.46. The van der Waals surface area contributed by atoms with Crippen LogP contribution in [-0.4, -0.2) is 37.3 Å². The van der Waals surface area contributed by atoms with Crippen LogP contribution in [0.2, 0.25) is 5.02 Å². The monoisotopic (exact) mass is 372 g/mol. The molecule has 2 aromatic rings. The zero-order valence-corrected chi connectivity index (χ0v) is 14.7. The maximum Gasteiger partial charge on any atom is 0.249 e. The van der Waals surface area contributed by atoms with Gasteiger partial charge in [-0.1, -0.05) is 16.8 Å². The number of carbonyl (C=O) groups excluding carboxylic acids is 1. The third kappa shape index (κ3) is 5.59. The van der Waals surface area contributed by atoms with E-state index in [-0.39, 0.29) is 24.8 Å². The van der Waals surface area contributed by atoms with Crippen LogP contribution < -0.4 is 10.0 Å². The Morgan fingerprint density at radius 3 is 2.62 bits per heavy atom. The van der Waals surface area contributed by atoms with Gasteiger partial charge in [-0.05, 0) is 31.2 Å². The van der Waals surface area contributed by atoms with Crippen molar-refractivity contribution in [2.24, 2.45) is 0 Å². The molecule has 1 heterocycles. The van der Waals surface area contributed by atoms with Crippen LogP contribution in [0.4, 0.5) is 0 Å². The van der Waals surface area contributed by atoms with Gasteiger partial charge in [0.05, 0.1) is 6.26 Å². The van der Waals surface area contributed by atoms with E-state index in [2.05, 4.69) is 20.2 Å². The van der Waals surface area contributed by atoms with E-state index < -0.39 is 16.1 Å². The Kier molecular flexibility index (Phi) is 5.92. The predicted molar refractivity (Wildman–Crippen MR) is 88.8 cm³/mol. The highest BCUT2D eigenvalue weighted by Gasteiger charge is 2.17. The Morgan fingerprint density at radius 1 is 1.33 bits per heavy atom. The topological polar surface area (TPSA) is 114 Å². The molecule has 1 amide bonds. The molecule has 1 aromatic heterocycles. The molecular weight excluding hydrogens is 356 g/mol. The Bertz CT molecular complexity index is 804. The number of amides is 1. The average Bonchev–Trinajstić information content (AvgIpc) is 2.96. The standard InChI is InChI=1S/C14H17ClN4O4S/c1-9(17-12(20)7-8-16-24(2,21)22)14-18-13(19-23-14)10-3-5-11(15)6-4-10/h3-6,9,16H,7-8H2,1-2H3,(H,17,20). The van der Waals surface area contributed by atoms with E-state index >= 15 is 0 Å². The lowest BCUT2D eigenvalue weighted by Crippen LogP contribution is -2.31. The van der Waals surface area contributed by atoms with E-state index in [9.17, 15) is 13.2 Å². The van der Waals surface area contributed by atoms with Crippen LogP contribution in [0.1, 0.15) is 25.3 Å². The minimum atomic E-state index is -3.31. The van der Waals surface area contributed by atoms with Crippen molar-refractivity contribution in [3.8, 4) is 11.4 Å². The molecule has 2 rings (SSSR count). The highest BCUT2D eigenvalue weighted by Crippen LogP contribution is 2.20. The maximum atomic E-state index is 11.8. The van der Waals surface area contributed by atoms with Crippen LogP contribution >= 0.6 is 11.6 Å². The van der Waals surface area contributed by atoms with Gasteiger partial charge < -0.3 is 9.84 Å². The van der Waals surface area contributed by atoms with E-state index in [1.807, 2.05) is 0 Å². The molecule has 2 N–H and O–H groups in total. The summed E-state index contributed by atoms with van der Waals surface area (Å²) >= 11 is 5.83. The molecule has 0 aliphatic heterocycles. The van der Waals surface area contributed by atoms with Crippen molar-refractivity contribution >= 4 is 27.5 Å². The lowest BCUT2D eigenvalue weighted by atomic mass is 10.2. The Labute approximate surface area is 144 Å². The van der Waals surface area contributed by atoms with Gasteiger partial charge in [-0.15, -0.1) is 0 Å². The SMILES string of the molecule is CC(NC(=O)CCNS(C)(=O)=O)c1nc(-c2ccc(Cl)cc2)no1.